The smallest absolute Gasteiger partial charge is 0.0267 e. The predicted molar refractivity (Wildman–Crippen MR) is 41.9 cm³/mol. The fourth-order valence-corrected chi connectivity index (χ4v) is 0.400. The van der Waals surface area contributed by atoms with Crippen LogP contribution in [0.5, 0.6) is 0 Å². The van der Waals surface area contributed by atoms with Crippen LogP contribution in [0.3, 0.4) is 0 Å². The second-order valence-electron chi connectivity index (χ2n) is 2.39. The molecule has 0 heterocycles. The zero-order chi connectivity index (χ0) is 7.28. The summed E-state index contributed by atoms with van der Waals surface area (Å²) in [6.07, 6.45) is 5.90. The molecule has 9 heavy (non-hydrogen) atoms. The Bertz CT molecular complexity index is 121. The van der Waals surface area contributed by atoms with Gasteiger partial charge in [-0.2, -0.15) is 0 Å². The largest absolute Gasteiger partial charge is 0.399 e. The molecular weight excluding hydrogens is 110 g/mol. The van der Waals surface area contributed by atoms with Gasteiger partial charge in [-0.1, -0.05) is 26.0 Å². The quantitative estimate of drug-likeness (QED) is 0.562. The van der Waals surface area contributed by atoms with Crippen molar-refractivity contribution in [1.29, 1.82) is 0 Å². The molecule has 0 aliphatic heterocycles. The predicted octanol–water partition coefficient (Wildman–Crippen LogP) is 2.06. The highest BCUT2D eigenvalue weighted by Gasteiger charge is 1.82. The van der Waals surface area contributed by atoms with Crippen molar-refractivity contribution in [2.75, 3.05) is 0 Å². The van der Waals surface area contributed by atoms with E-state index in [0.29, 0.717) is 5.92 Å². The van der Waals surface area contributed by atoms with Crippen molar-refractivity contribution in [2.45, 2.75) is 20.8 Å². The van der Waals surface area contributed by atoms with E-state index in [-0.39, 0.29) is 0 Å². The molecule has 0 unspecified atom stereocenters. The van der Waals surface area contributed by atoms with Gasteiger partial charge in [0.05, 0.1) is 0 Å². The molecule has 0 rings (SSSR count). The summed E-state index contributed by atoms with van der Waals surface area (Å²) in [6.45, 7) is 6.18. The molecule has 0 saturated carbocycles. The van der Waals surface area contributed by atoms with Crippen molar-refractivity contribution in [3.63, 3.8) is 0 Å². The zero-order valence-corrected chi connectivity index (χ0v) is 6.39. The third kappa shape index (κ3) is 5.15. The molecule has 0 amide bonds. The van der Waals surface area contributed by atoms with Crippen LogP contribution < -0.4 is 5.73 Å². The molecule has 0 spiro atoms. The molecule has 1 nitrogen and oxygen atoms in total. The van der Waals surface area contributed by atoms with E-state index in [1.165, 1.54) is 0 Å². The maximum absolute atomic E-state index is 5.50. The van der Waals surface area contributed by atoms with E-state index >= 15 is 0 Å². The van der Waals surface area contributed by atoms with Crippen molar-refractivity contribution >= 4 is 0 Å². The third-order valence-corrected chi connectivity index (χ3v) is 1.01. The van der Waals surface area contributed by atoms with Crippen molar-refractivity contribution in [1.82, 2.24) is 0 Å². The highest BCUT2D eigenvalue weighted by molar-refractivity contribution is 5.13. The molecule has 0 aromatic carbocycles. The van der Waals surface area contributed by atoms with Gasteiger partial charge in [-0.25, -0.2) is 0 Å². The minimum absolute atomic E-state index is 0.587. The summed E-state index contributed by atoms with van der Waals surface area (Å²) in [5, 5.41) is 0. The molecule has 0 fully saturated rings. The number of allylic oxidation sites excluding steroid dienone is 3. The summed E-state index contributed by atoms with van der Waals surface area (Å²) in [5.74, 6) is 0.587. The molecule has 0 aromatic heterocycles. The van der Waals surface area contributed by atoms with Gasteiger partial charge in [0, 0.05) is 5.70 Å². The molecule has 52 valence electrons. The van der Waals surface area contributed by atoms with Crippen molar-refractivity contribution in [3.8, 4) is 0 Å². The first kappa shape index (κ1) is 8.28. The van der Waals surface area contributed by atoms with E-state index in [1.54, 1.807) is 0 Å². The Labute approximate surface area is 57.3 Å². The summed E-state index contributed by atoms with van der Waals surface area (Å²) in [5.41, 5.74) is 6.33. The zero-order valence-electron chi connectivity index (χ0n) is 6.39. The SMILES string of the molecule is C/C=C(N)\C=C/C(C)C. The second-order valence-corrected chi connectivity index (χ2v) is 2.39. The van der Waals surface area contributed by atoms with Crippen LogP contribution in [0.25, 0.3) is 0 Å². The number of rotatable bonds is 2. The standard InChI is InChI=1S/C8H15N/c1-4-8(9)6-5-7(2)3/h4-7H,9H2,1-3H3/b6-5-,8-4+. The van der Waals surface area contributed by atoms with Gasteiger partial charge in [0.15, 0.2) is 0 Å². The van der Waals surface area contributed by atoms with E-state index in [1.807, 2.05) is 19.1 Å². The number of hydrogen-bond donors (Lipinski definition) is 1. The van der Waals surface area contributed by atoms with E-state index in [9.17, 15) is 0 Å². The molecule has 0 aromatic rings. The van der Waals surface area contributed by atoms with Crippen LogP contribution >= 0.6 is 0 Å². The third-order valence-electron chi connectivity index (χ3n) is 1.01. The van der Waals surface area contributed by atoms with Crippen LogP contribution in [0, 0.1) is 5.92 Å². The molecule has 2 N–H and O–H groups in total. The number of hydrogen-bond acceptors (Lipinski definition) is 1. The molecule has 0 aliphatic carbocycles. The molecule has 0 aliphatic rings. The minimum atomic E-state index is 0.587. The van der Waals surface area contributed by atoms with E-state index in [2.05, 4.69) is 19.9 Å². The first-order valence-electron chi connectivity index (χ1n) is 3.26. The Hall–Kier alpha value is -0.720. The Morgan fingerprint density at radius 3 is 2.33 bits per heavy atom. The van der Waals surface area contributed by atoms with Crippen LogP contribution in [0.4, 0.5) is 0 Å². The van der Waals surface area contributed by atoms with Crippen molar-refractivity contribution in [2.24, 2.45) is 11.7 Å². The van der Waals surface area contributed by atoms with Crippen LogP contribution in [-0.2, 0) is 0 Å². The van der Waals surface area contributed by atoms with Gasteiger partial charge in [-0.3, -0.25) is 0 Å². The fourth-order valence-electron chi connectivity index (χ4n) is 0.400. The Morgan fingerprint density at radius 2 is 2.00 bits per heavy atom. The number of nitrogens with two attached hydrogens (primary N) is 1. The average molecular weight is 125 g/mol. The van der Waals surface area contributed by atoms with Crippen LogP contribution in [0.15, 0.2) is 23.9 Å². The first-order chi connectivity index (χ1) is 4.16. The van der Waals surface area contributed by atoms with Gasteiger partial charge in [0.1, 0.15) is 0 Å². The maximum atomic E-state index is 5.50. The molecular formula is C8H15N. The van der Waals surface area contributed by atoms with Gasteiger partial charge < -0.3 is 5.73 Å². The molecule has 0 atom stereocenters. The summed E-state index contributed by atoms with van der Waals surface area (Å²) >= 11 is 0. The lowest BCUT2D eigenvalue weighted by molar-refractivity contribution is 0.830. The molecule has 0 bridgehead atoms. The van der Waals surface area contributed by atoms with Gasteiger partial charge >= 0.3 is 0 Å². The Morgan fingerprint density at radius 1 is 1.44 bits per heavy atom. The molecule has 0 radical (unpaired) electrons. The van der Waals surface area contributed by atoms with Crippen LogP contribution in [0.2, 0.25) is 0 Å². The lowest BCUT2D eigenvalue weighted by atomic mass is 10.2. The van der Waals surface area contributed by atoms with Crippen molar-refractivity contribution in [3.05, 3.63) is 23.9 Å². The Balaban J connectivity index is 3.71. The van der Waals surface area contributed by atoms with Crippen LogP contribution in [0.1, 0.15) is 20.8 Å². The van der Waals surface area contributed by atoms with Crippen LogP contribution in [-0.4, -0.2) is 0 Å². The van der Waals surface area contributed by atoms with Gasteiger partial charge in [0.25, 0.3) is 0 Å². The molecule has 0 saturated heterocycles. The monoisotopic (exact) mass is 125 g/mol. The van der Waals surface area contributed by atoms with Gasteiger partial charge in [0.2, 0.25) is 0 Å². The fraction of sp³-hybridized carbons (Fsp3) is 0.500. The summed E-state index contributed by atoms with van der Waals surface area (Å²) in [7, 11) is 0. The van der Waals surface area contributed by atoms with E-state index < -0.39 is 0 Å². The maximum Gasteiger partial charge on any atom is 0.0267 e. The lowest BCUT2D eigenvalue weighted by Gasteiger charge is -1.92. The van der Waals surface area contributed by atoms with Crippen molar-refractivity contribution < 1.29 is 0 Å². The second kappa shape index (κ2) is 4.19. The Kier molecular flexibility index (Phi) is 3.85. The highest BCUT2D eigenvalue weighted by Crippen LogP contribution is 1.95. The van der Waals surface area contributed by atoms with E-state index in [0.717, 1.165) is 5.70 Å². The summed E-state index contributed by atoms with van der Waals surface area (Å²) in [4.78, 5) is 0. The first-order valence-corrected chi connectivity index (χ1v) is 3.26. The van der Waals surface area contributed by atoms with Gasteiger partial charge in [-0.05, 0) is 18.9 Å². The minimum Gasteiger partial charge on any atom is -0.399 e. The molecule has 1 heteroatoms. The highest BCUT2D eigenvalue weighted by atomic mass is 14.5. The van der Waals surface area contributed by atoms with Gasteiger partial charge in [-0.15, -0.1) is 0 Å². The lowest BCUT2D eigenvalue weighted by Crippen LogP contribution is -1.91. The van der Waals surface area contributed by atoms with E-state index in [4.69, 9.17) is 5.73 Å². The average Bonchev–Trinajstić information content (AvgIpc) is 1.83. The topological polar surface area (TPSA) is 26.0 Å². The summed E-state index contributed by atoms with van der Waals surface area (Å²) < 4.78 is 0. The summed E-state index contributed by atoms with van der Waals surface area (Å²) in [6, 6.07) is 0. The normalized spacial score (nSPS) is 13.6.